The number of benzene rings is 5. The van der Waals surface area contributed by atoms with Gasteiger partial charge in [0.2, 0.25) is 0 Å². The second-order valence-electron chi connectivity index (χ2n) is 6.29. The highest BCUT2D eigenvalue weighted by Crippen LogP contribution is 2.27. The van der Waals surface area contributed by atoms with Crippen molar-refractivity contribution < 1.29 is 0 Å². The Labute approximate surface area is 162 Å². The van der Waals surface area contributed by atoms with Crippen LogP contribution in [0.1, 0.15) is 19.4 Å². The van der Waals surface area contributed by atoms with Crippen LogP contribution in [0.2, 0.25) is 0 Å². The van der Waals surface area contributed by atoms with E-state index in [1.807, 2.05) is 13.8 Å². The van der Waals surface area contributed by atoms with E-state index in [2.05, 4.69) is 110 Å². The van der Waals surface area contributed by atoms with Gasteiger partial charge in [-0.2, -0.15) is 0 Å². The normalized spacial score (nSPS) is 10.0. The van der Waals surface area contributed by atoms with E-state index < -0.39 is 0 Å². The van der Waals surface area contributed by atoms with E-state index in [1.165, 1.54) is 37.9 Å². The summed E-state index contributed by atoms with van der Waals surface area (Å²) in [5.41, 5.74) is 1.38. The zero-order valence-electron chi connectivity index (χ0n) is 16.3. The van der Waals surface area contributed by atoms with E-state index in [0.717, 1.165) is 0 Å². The minimum Gasteiger partial charge on any atom is -0.0683 e. The molecule has 0 aliphatic carbocycles. The van der Waals surface area contributed by atoms with E-state index in [0.29, 0.717) is 0 Å². The van der Waals surface area contributed by atoms with Crippen LogP contribution in [0.25, 0.3) is 32.3 Å². The van der Waals surface area contributed by atoms with Crippen LogP contribution in [-0.2, 0) is 0 Å². The second-order valence-corrected chi connectivity index (χ2v) is 6.29. The molecule has 0 unspecified atom stereocenters. The summed E-state index contributed by atoms with van der Waals surface area (Å²) in [6.45, 7) is 6.20. The lowest BCUT2D eigenvalue weighted by Crippen LogP contribution is -1.81. The molecule has 0 amide bonds. The minimum atomic E-state index is 1.31. The Morgan fingerprint density at radius 1 is 0.407 bits per heavy atom. The molecule has 27 heavy (non-hydrogen) atoms. The van der Waals surface area contributed by atoms with Crippen molar-refractivity contribution in [3.8, 4) is 0 Å². The van der Waals surface area contributed by atoms with Gasteiger partial charge in [0.25, 0.3) is 0 Å². The molecule has 5 aromatic rings. The lowest BCUT2D eigenvalue weighted by molar-refractivity contribution is 1.50. The number of rotatable bonds is 0. The highest BCUT2D eigenvalue weighted by atomic mass is 14.1. The molecule has 0 fully saturated rings. The summed E-state index contributed by atoms with van der Waals surface area (Å²) in [5.74, 6) is 0. The maximum absolute atomic E-state index is 2.26. The predicted octanol–water partition coefficient (Wildman–Crippen LogP) is 8.17. The van der Waals surface area contributed by atoms with Gasteiger partial charge in [-0.25, -0.2) is 0 Å². The quantitative estimate of drug-likeness (QED) is 0.247. The van der Waals surface area contributed by atoms with Gasteiger partial charge in [-0.15, -0.1) is 0 Å². The highest BCUT2D eigenvalue weighted by molar-refractivity contribution is 6.01. The number of fused-ring (bicyclic) bond motifs is 3. The Balaban J connectivity index is 0.000000153. The first-order valence-corrected chi connectivity index (χ1v) is 9.64. The Hall–Kier alpha value is -3.12. The largest absolute Gasteiger partial charge is 0.0683 e. The Morgan fingerprint density at radius 3 is 1.07 bits per heavy atom. The average Bonchev–Trinajstić information content (AvgIpc) is 2.76. The molecular weight excluding hydrogens is 324 g/mol. The monoisotopic (exact) mass is 350 g/mol. The van der Waals surface area contributed by atoms with Crippen LogP contribution in [-0.4, -0.2) is 0 Å². The summed E-state index contributed by atoms with van der Waals surface area (Å²) in [6.07, 6.45) is 0. The van der Waals surface area contributed by atoms with E-state index in [4.69, 9.17) is 0 Å². The average molecular weight is 351 g/mol. The fourth-order valence-electron chi connectivity index (χ4n) is 3.37. The Bertz CT molecular complexity index is 1030. The molecule has 0 aromatic heterocycles. The Morgan fingerprint density at radius 2 is 0.704 bits per heavy atom. The van der Waals surface area contributed by atoms with Gasteiger partial charge in [-0.3, -0.25) is 0 Å². The molecule has 0 heterocycles. The molecule has 0 saturated heterocycles. The summed E-state index contributed by atoms with van der Waals surface area (Å²) in [6, 6.07) is 36.1. The summed E-state index contributed by atoms with van der Waals surface area (Å²) in [4.78, 5) is 0. The fourth-order valence-corrected chi connectivity index (χ4v) is 3.37. The number of aryl methyl sites for hydroxylation is 1. The first-order chi connectivity index (χ1) is 13.3. The summed E-state index contributed by atoms with van der Waals surface area (Å²) >= 11 is 0. The van der Waals surface area contributed by atoms with Gasteiger partial charge >= 0.3 is 0 Å². The van der Waals surface area contributed by atoms with E-state index in [1.54, 1.807) is 0 Å². The van der Waals surface area contributed by atoms with Crippen LogP contribution in [0.15, 0.2) is 103 Å². The van der Waals surface area contributed by atoms with Gasteiger partial charge in [-0.05, 0) is 50.9 Å². The van der Waals surface area contributed by atoms with Gasteiger partial charge in [0.05, 0.1) is 0 Å². The molecule has 5 rings (SSSR count). The molecule has 0 nitrogen and oxygen atoms in total. The third-order valence-corrected chi connectivity index (χ3v) is 4.70. The molecular formula is C27H26. The van der Waals surface area contributed by atoms with E-state index in [9.17, 15) is 0 Å². The standard InChI is InChI=1S/C15H12.C10H8.C2H6/c1-11-14-8-4-2-6-12(14)10-13-7-3-5-9-15(11)13;1-2-6-10-8-4-3-7-9(10)5-1;1-2/h2-10H,1H3;1-8H;1-2H3. The van der Waals surface area contributed by atoms with Gasteiger partial charge < -0.3 is 0 Å². The van der Waals surface area contributed by atoms with Crippen molar-refractivity contribution in [3.63, 3.8) is 0 Å². The van der Waals surface area contributed by atoms with Gasteiger partial charge in [-0.1, -0.05) is 111 Å². The van der Waals surface area contributed by atoms with Crippen LogP contribution in [0, 0.1) is 6.92 Å². The lowest BCUT2D eigenvalue weighted by atomic mass is 9.98. The van der Waals surface area contributed by atoms with Crippen molar-refractivity contribution in [2.45, 2.75) is 20.8 Å². The van der Waals surface area contributed by atoms with Crippen molar-refractivity contribution in [3.05, 3.63) is 109 Å². The molecule has 0 aliphatic heterocycles. The molecule has 0 N–H and O–H groups in total. The molecule has 0 aliphatic rings. The molecule has 0 heteroatoms. The zero-order valence-corrected chi connectivity index (χ0v) is 16.3. The van der Waals surface area contributed by atoms with Crippen LogP contribution in [0.3, 0.4) is 0 Å². The van der Waals surface area contributed by atoms with Crippen molar-refractivity contribution in [1.29, 1.82) is 0 Å². The molecule has 0 bridgehead atoms. The maximum atomic E-state index is 2.26. The topological polar surface area (TPSA) is 0 Å². The Kier molecular flexibility index (Phi) is 6.22. The van der Waals surface area contributed by atoms with Crippen molar-refractivity contribution in [2.24, 2.45) is 0 Å². The molecule has 0 saturated carbocycles. The summed E-state index contributed by atoms with van der Waals surface area (Å²) in [5, 5.41) is 7.99. The maximum Gasteiger partial charge on any atom is -0.0148 e. The molecule has 0 atom stereocenters. The molecule has 0 radical (unpaired) electrons. The first-order valence-electron chi connectivity index (χ1n) is 9.64. The first kappa shape index (κ1) is 18.7. The van der Waals surface area contributed by atoms with Gasteiger partial charge in [0, 0.05) is 0 Å². The minimum absolute atomic E-state index is 1.31. The van der Waals surface area contributed by atoms with Gasteiger partial charge in [0.1, 0.15) is 0 Å². The summed E-state index contributed by atoms with van der Waals surface area (Å²) < 4.78 is 0. The fraction of sp³-hybridized carbons (Fsp3) is 0.111. The molecule has 0 spiro atoms. The predicted molar refractivity (Wildman–Crippen MR) is 121 cm³/mol. The zero-order chi connectivity index (χ0) is 19.1. The third-order valence-electron chi connectivity index (χ3n) is 4.70. The van der Waals surface area contributed by atoms with E-state index in [-0.39, 0.29) is 0 Å². The van der Waals surface area contributed by atoms with Gasteiger partial charge in [0.15, 0.2) is 0 Å². The number of hydrogen-bond donors (Lipinski definition) is 0. The molecule has 134 valence electrons. The number of hydrogen-bond acceptors (Lipinski definition) is 0. The SMILES string of the molecule is CC.Cc1c2ccccc2cc2ccccc12.c1ccc2ccccc2c1. The van der Waals surface area contributed by atoms with Crippen LogP contribution >= 0.6 is 0 Å². The van der Waals surface area contributed by atoms with Crippen molar-refractivity contribution >= 4 is 32.3 Å². The smallest absolute Gasteiger partial charge is 0.0148 e. The second kappa shape index (κ2) is 9.00. The van der Waals surface area contributed by atoms with Crippen LogP contribution < -0.4 is 0 Å². The van der Waals surface area contributed by atoms with Crippen LogP contribution in [0.4, 0.5) is 0 Å². The van der Waals surface area contributed by atoms with E-state index >= 15 is 0 Å². The highest BCUT2D eigenvalue weighted by Gasteiger charge is 2.01. The van der Waals surface area contributed by atoms with Crippen molar-refractivity contribution in [1.82, 2.24) is 0 Å². The van der Waals surface area contributed by atoms with Crippen LogP contribution in [0.5, 0.6) is 0 Å². The summed E-state index contributed by atoms with van der Waals surface area (Å²) in [7, 11) is 0. The third kappa shape index (κ3) is 4.17. The molecule has 5 aromatic carbocycles. The lowest BCUT2D eigenvalue weighted by Gasteiger charge is -2.06. The van der Waals surface area contributed by atoms with Crippen molar-refractivity contribution in [2.75, 3.05) is 0 Å².